The predicted molar refractivity (Wildman–Crippen MR) is 510 cm³/mol. The van der Waals surface area contributed by atoms with Crippen molar-refractivity contribution in [1.82, 2.24) is 57.1 Å². The molecule has 129 heavy (non-hydrogen) atoms. The van der Waals surface area contributed by atoms with Gasteiger partial charge in [-0.05, 0) is 232 Å². The summed E-state index contributed by atoms with van der Waals surface area (Å²) in [7, 11) is 12.3. The van der Waals surface area contributed by atoms with Crippen LogP contribution in [0.2, 0.25) is 0 Å². The number of imidazole rings is 3. The number of benzene rings is 15. The Morgan fingerprint density at radius 1 is 0.256 bits per heavy atom. The minimum Gasteiger partial charge on any atom is -0.510 e. The molecule has 3 aliphatic heterocycles. The van der Waals surface area contributed by atoms with E-state index >= 15 is 0 Å². The first kappa shape index (κ1) is 81.0. The normalized spacial score (nSPS) is 13.7. The molecular formula is C111H78N15Pt3-9. The number of nitrogens with zero attached hydrogens (tertiary/aromatic N) is 15. The monoisotopic (exact) mass is 2210 g/mol. The Labute approximate surface area is 790 Å². The average molecular weight is 2210 g/mol. The first-order valence-electron chi connectivity index (χ1n) is 42.7. The number of hydrogen-bond donors (Lipinski definition) is 0. The maximum Gasteiger partial charge on any atom is 0.0770 e. The number of aromatic nitrogens is 9. The van der Waals surface area contributed by atoms with E-state index in [-0.39, 0.29) is 63.2 Å². The standard InChI is InChI=1S/3C37H26N5.3Pt/c1-39-16-17-41(23-39)27-9-7-10-28(21-27)42-35-20-25(37-38-33-12-5-6-13-34(33)40(37)2)14-15-30(35)32-19-26-18-24-8-3-4-11-29(24)31(26)22-36(32)42;1-39-16-17-41(23-39)27-9-7-10-28(21-27)42-35-19-25(37-38-33-12-5-6-13-34(33)40(37)2)14-15-30(35)32-22-31-26(20-36(32)42)18-24-8-3-4-11-29(24)31;1-39-18-19-41(23-39)26-9-7-10-27(22-26)42-34-17-16-29-28-11-4-3-8-24(28)20-31(29)36(34)30-15-14-25(21-35(30)42)37-38-32-12-5-6-13-33(32)40(37)2;;;/h3-17,19,22-23H,18H2,1-2H3;3-17,20,22-23H,18H2,1-2H3;3-19,23H,20H2,1-2H3;;;/q3*-3;;;. The molecule has 636 valence electrons. The molecule has 0 atom stereocenters. The molecule has 15 nitrogen and oxygen atoms in total. The zero-order valence-electron chi connectivity index (χ0n) is 71.0. The molecule has 0 amide bonds. The van der Waals surface area contributed by atoms with E-state index in [1.807, 2.05) is 72.6 Å². The van der Waals surface area contributed by atoms with Crippen molar-refractivity contribution in [2.75, 3.05) is 35.8 Å². The van der Waals surface area contributed by atoms with Crippen LogP contribution in [0.3, 0.4) is 0 Å². The summed E-state index contributed by atoms with van der Waals surface area (Å²) in [6, 6.07) is 120. The summed E-state index contributed by atoms with van der Waals surface area (Å²) in [5.74, 6) is 2.72. The van der Waals surface area contributed by atoms with Crippen molar-refractivity contribution in [3.8, 4) is 84.6 Å². The van der Waals surface area contributed by atoms with E-state index in [0.29, 0.717) is 0 Å². The van der Waals surface area contributed by atoms with E-state index in [2.05, 4.69) is 393 Å². The second kappa shape index (κ2) is 31.9. The van der Waals surface area contributed by atoms with Crippen molar-refractivity contribution < 1.29 is 63.2 Å². The second-order valence-corrected chi connectivity index (χ2v) is 33.6. The van der Waals surface area contributed by atoms with E-state index in [1.165, 1.54) is 110 Å². The maximum absolute atomic E-state index is 5.00. The topological polar surface area (TPSA) is 87.7 Å². The van der Waals surface area contributed by atoms with Crippen LogP contribution in [-0.4, -0.2) is 78.2 Å². The first-order chi connectivity index (χ1) is 61.9. The van der Waals surface area contributed by atoms with Crippen LogP contribution in [0.25, 0.3) is 183 Å². The van der Waals surface area contributed by atoms with Crippen LogP contribution in [0, 0.1) is 56.4 Å². The summed E-state index contributed by atoms with van der Waals surface area (Å²) in [4.78, 5) is 27.4. The van der Waals surface area contributed by atoms with Crippen LogP contribution in [-0.2, 0) is 104 Å². The number of para-hydroxylation sites is 6. The molecule has 0 radical (unpaired) electrons. The van der Waals surface area contributed by atoms with E-state index in [9.17, 15) is 0 Å². The van der Waals surface area contributed by atoms with Gasteiger partial charge in [-0.3, -0.25) is 15.0 Å². The van der Waals surface area contributed by atoms with E-state index in [4.69, 9.17) is 15.0 Å². The van der Waals surface area contributed by atoms with Crippen molar-refractivity contribution in [3.63, 3.8) is 0 Å². The molecule has 15 aromatic carbocycles. The molecular weight excluding hydrogens is 2130 g/mol. The van der Waals surface area contributed by atoms with Crippen molar-refractivity contribution in [1.29, 1.82) is 0 Å². The van der Waals surface area contributed by atoms with Crippen molar-refractivity contribution in [2.24, 2.45) is 21.1 Å². The average Bonchev–Trinajstić information content (AvgIpc) is 1.56. The van der Waals surface area contributed by atoms with Gasteiger partial charge in [0.15, 0.2) is 0 Å². The predicted octanol–water partition coefficient (Wildman–Crippen LogP) is 23.5. The van der Waals surface area contributed by atoms with Crippen LogP contribution in [0.15, 0.2) is 310 Å². The van der Waals surface area contributed by atoms with E-state index in [0.717, 1.165) is 143 Å². The molecule has 9 heterocycles. The fourth-order valence-electron chi connectivity index (χ4n) is 20.1. The Kier molecular flexibility index (Phi) is 20.0. The summed E-state index contributed by atoms with van der Waals surface area (Å²) in [5.41, 5.74) is 37.9. The van der Waals surface area contributed by atoms with Crippen LogP contribution >= 0.6 is 0 Å². The van der Waals surface area contributed by atoms with Gasteiger partial charge in [-0.25, -0.2) is 0 Å². The van der Waals surface area contributed by atoms with Crippen LogP contribution in [0.4, 0.5) is 17.1 Å². The van der Waals surface area contributed by atoms with Gasteiger partial charge < -0.3 is 56.8 Å². The first-order valence-corrected chi connectivity index (χ1v) is 42.7. The minimum atomic E-state index is 0. The van der Waals surface area contributed by atoms with Crippen LogP contribution in [0.5, 0.6) is 0 Å². The Balaban J connectivity index is 0.000000112. The number of rotatable bonds is 9. The van der Waals surface area contributed by atoms with Gasteiger partial charge in [-0.15, -0.1) is 143 Å². The van der Waals surface area contributed by atoms with Gasteiger partial charge in [0.2, 0.25) is 0 Å². The largest absolute Gasteiger partial charge is 0.510 e. The summed E-state index contributed by atoms with van der Waals surface area (Å²) >= 11 is 0. The molecule has 27 rings (SSSR count). The molecule has 3 aliphatic carbocycles. The molecule has 0 spiro atoms. The molecule has 21 aromatic rings. The Hall–Kier alpha value is -13.8. The fourth-order valence-corrected chi connectivity index (χ4v) is 20.1. The van der Waals surface area contributed by atoms with Gasteiger partial charge in [-0.1, -0.05) is 161 Å². The molecule has 0 saturated heterocycles. The third kappa shape index (κ3) is 13.3. The van der Waals surface area contributed by atoms with Gasteiger partial charge in [0.05, 0.1) is 50.6 Å². The van der Waals surface area contributed by atoms with Crippen molar-refractivity contribution in [2.45, 2.75) is 19.3 Å². The third-order valence-electron chi connectivity index (χ3n) is 26.0. The molecule has 0 unspecified atom stereocenters. The molecule has 0 N–H and O–H groups in total. The van der Waals surface area contributed by atoms with Gasteiger partial charge in [0.1, 0.15) is 0 Å². The van der Waals surface area contributed by atoms with Crippen molar-refractivity contribution >= 4 is 116 Å². The molecule has 0 bridgehead atoms. The van der Waals surface area contributed by atoms with Gasteiger partial charge in [-0.2, -0.15) is 38.2 Å². The van der Waals surface area contributed by atoms with Crippen LogP contribution < -0.4 is 14.7 Å². The zero-order chi connectivity index (χ0) is 83.8. The Bertz CT molecular complexity index is 8120. The Morgan fingerprint density at radius 2 is 0.612 bits per heavy atom. The third-order valence-corrected chi connectivity index (χ3v) is 26.0. The molecule has 0 saturated carbocycles. The minimum absolute atomic E-state index is 0. The molecule has 18 heteroatoms. The summed E-state index contributed by atoms with van der Waals surface area (Å²) in [5, 5.41) is 7.29. The van der Waals surface area contributed by atoms with Gasteiger partial charge in [0, 0.05) is 101 Å². The quantitative estimate of drug-likeness (QED) is 0.131. The van der Waals surface area contributed by atoms with Gasteiger partial charge >= 0.3 is 0 Å². The van der Waals surface area contributed by atoms with E-state index in [1.54, 1.807) is 0 Å². The summed E-state index contributed by atoms with van der Waals surface area (Å²) in [6.07, 6.45) is 15.1. The summed E-state index contributed by atoms with van der Waals surface area (Å²) in [6.45, 7) is 6.17. The number of hydrogen-bond acceptors (Lipinski definition) is 9. The second-order valence-electron chi connectivity index (χ2n) is 33.6. The van der Waals surface area contributed by atoms with Crippen molar-refractivity contribution in [3.05, 3.63) is 400 Å². The summed E-state index contributed by atoms with van der Waals surface area (Å²) < 4.78 is 13.5. The molecule has 6 aliphatic rings. The number of fused-ring (bicyclic) bond motifs is 22. The molecule has 6 aromatic heterocycles. The number of anilines is 3. The van der Waals surface area contributed by atoms with Crippen LogP contribution in [0.1, 0.15) is 33.4 Å². The maximum atomic E-state index is 5.00. The van der Waals surface area contributed by atoms with E-state index < -0.39 is 0 Å². The smallest absolute Gasteiger partial charge is 0.0770 e. The number of aryl methyl sites for hydroxylation is 3. The van der Waals surface area contributed by atoms with Gasteiger partial charge in [0.25, 0.3) is 0 Å². The Morgan fingerprint density at radius 3 is 1.05 bits per heavy atom. The SMILES string of the molecule is CN1C=CN(c2[c-]c(-n3c4[c-]c(-c5nc6ccccc6n5C)ccc4c4c5c(ccc43)-c3ccccc3C5)ccc2)[CH-]1.CN1C=CN(c2[c-]c(-n3c4[c-]c(-c5nc6ccccc6n5C)ccc4c4cc5c(cc43)-c3ccccc3C5)ccc2)[CH-]1.CN1C=CN(c2[c-]c(-n3c4[c-]c(-c5nc6ccccc6n5C)ccc4c4cc5c(cc43)Cc3ccccc3-5)ccc2)[CH-]1.[Pt].[Pt].[Pt]. The fraction of sp³-hybridized carbons (Fsp3) is 0.0811. The molecule has 0 fully saturated rings. The zero-order valence-corrected chi connectivity index (χ0v) is 77.8.